The molecule has 2 aromatic heterocycles. The topological polar surface area (TPSA) is 111 Å². The van der Waals surface area contributed by atoms with Crippen LogP contribution in [0, 0.1) is 0 Å². The lowest BCUT2D eigenvalue weighted by atomic mass is 10.0. The summed E-state index contributed by atoms with van der Waals surface area (Å²) >= 11 is 0. The molecule has 0 saturated carbocycles. The number of nitrogens with zero attached hydrogens (tertiary/aromatic N) is 3. The van der Waals surface area contributed by atoms with Gasteiger partial charge in [0.25, 0.3) is 0 Å². The number of ether oxygens (including phenoxy) is 2. The molecule has 1 aliphatic rings. The van der Waals surface area contributed by atoms with Crippen molar-refractivity contribution < 1.29 is 14.3 Å². The molecule has 1 atom stereocenters. The molecular formula is C20H21N5O4. The minimum atomic E-state index is -0.639. The first-order chi connectivity index (χ1) is 13.8. The molecular weight excluding hydrogens is 374 g/mol. The van der Waals surface area contributed by atoms with Crippen molar-refractivity contribution in [1.29, 1.82) is 0 Å². The fraction of sp³-hybridized carbons (Fsp3) is 0.300. The molecule has 150 valence electrons. The molecule has 0 radical (unpaired) electrons. The standard InChI is InChI=1S/C20H21N5O4/c1-20(2,3)29-19(27)22-15-10-12-9-14(28-13-7-5-4-6-8-13)11-21-16(12)25-17(15)23-24-18(25)26/h4-9,11,15H,10H2,1-3H3,(H,22,27)(H,24,26). The van der Waals surface area contributed by atoms with Crippen LogP contribution in [-0.2, 0) is 11.2 Å². The quantitative estimate of drug-likeness (QED) is 0.705. The smallest absolute Gasteiger partial charge is 0.408 e. The molecule has 0 aliphatic carbocycles. The van der Waals surface area contributed by atoms with Gasteiger partial charge in [0.2, 0.25) is 0 Å². The SMILES string of the molecule is CC(C)(C)OC(=O)NC1Cc2cc(Oc3ccccc3)cnc2-n2c1n[nH]c2=O. The number of amides is 1. The van der Waals surface area contributed by atoms with Crippen molar-refractivity contribution in [3.8, 4) is 17.3 Å². The summed E-state index contributed by atoms with van der Waals surface area (Å²) in [5.41, 5.74) is -0.322. The average Bonchev–Trinajstić information content (AvgIpc) is 3.03. The van der Waals surface area contributed by atoms with E-state index in [2.05, 4.69) is 20.5 Å². The molecule has 9 nitrogen and oxygen atoms in total. The van der Waals surface area contributed by atoms with Crippen LogP contribution in [0.1, 0.15) is 38.2 Å². The van der Waals surface area contributed by atoms with Crippen LogP contribution in [0.4, 0.5) is 4.79 Å². The highest BCUT2D eigenvalue weighted by Crippen LogP contribution is 2.31. The third-order valence-electron chi connectivity index (χ3n) is 4.23. The maximum atomic E-state index is 12.3. The highest BCUT2D eigenvalue weighted by molar-refractivity contribution is 5.68. The van der Waals surface area contributed by atoms with Crippen LogP contribution in [0.3, 0.4) is 0 Å². The zero-order valence-electron chi connectivity index (χ0n) is 16.3. The van der Waals surface area contributed by atoms with Crippen molar-refractivity contribution >= 4 is 6.09 Å². The van der Waals surface area contributed by atoms with Crippen LogP contribution in [0.5, 0.6) is 11.5 Å². The number of rotatable bonds is 3. The fourth-order valence-electron chi connectivity index (χ4n) is 3.14. The first-order valence-corrected chi connectivity index (χ1v) is 9.19. The average molecular weight is 395 g/mol. The Morgan fingerprint density at radius 3 is 2.72 bits per heavy atom. The molecule has 3 heterocycles. The molecule has 0 saturated heterocycles. The van der Waals surface area contributed by atoms with E-state index in [-0.39, 0.29) is 0 Å². The van der Waals surface area contributed by atoms with Crippen LogP contribution >= 0.6 is 0 Å². The molecule has 2 N–H and O–H groups in total. The third kappa shape index (κ3) is 3.98. The van der Waals surface area contributed by atoms with E-state index in [1.165, 1.54) is 4.57 Å². The monoisotopic (exact) mass is 395 g/mol. The summed E-state index contributed by atoms with van der Waals surface area (Å²) < 4.78 is 12.5. The number of pyridine rings is 1. The Bertz CT molecular complexity index is 1100. The second-order valence-corrected chi connectivity index (χ2v) is 7.69. The number of H-pyrrole nitrogens is 1. The lowest BCUT2D eigenvalue weighted by Gasteiger charge is -2.26. The van der Waals surface area contributed by atoms with Crippen molar-refractivity contribution in [2.24, 2.45) is 0 Å². The Labute approximate surface area is 166 Å². The second kappa shape index (κ2) is 7.08. The number of nitrogens with one attached hydrogen (secondary N) is 2. The van der Waals surface area contributed by atoms with Crippen molar-refractivity contribution in [1.82, 2.24) is 25.1 Å². The van der Waals surface area contributed by atoms with E-state index < -0.39 is 23.4 Å². The van der Waals surface area contributed by atoms with Crippen LogP contribution in [0.25, 0.3) is 5.82 Å². The van der Waals surface area contributed by atoms with Gasteiger partial charge in [0, 0.05) is 12.0 Å². The number of fused-ring (bicyclic) bond motifs is 3. The Morgan fingerprint density at radius 2 is 2.00 bits per heavy atom. The lowest BCUT2D eigenvalue weighted by molar-refractivity contribution is 0.0499. The van der Waals surface area contributed by atoms with Crippen LogP contribution in [0.15, 0.2) is 47.4 Å². The number of alkyl carbamates (subject to hydrolysis) is 1. The van der Waals surface area contributed by atoms with E-state index in [4.69, 9.17) is 9.47 Å². The lowest BCUT2D eigenvalue weighted by Crippen LogP contribution is -2.39. The summed E-state index contributed by atoms with van der Waals surface area (Å²) in [6.07, 6.45) is 1.35. The van der Waals surface area contributed by atoms with Gasteiger partial charge in [-0.05, 0) is 39.0 Å². The summed E-state index contributed by atoms with van der Waals surface area (Å²) in [5.74, 6) is 2.04. The minimum absolute atomic E-state index is 0.373. The fourth-order valence-corrected chi connectivity index (χ4v) is 3.14. The van der Waals surface area contributed by atoms with E-state index in [1.54, 1.807) is 27.0 Å². The highest BCUT2D eigenvalue weighted by Gasteiger charge is 2.32. The summed E-state index contributed by atoms with van der Waals surface area (Å²) in [4.78, 5) is 29.0. The summed E-state index contributed by atoms with van der Waals surface area (Å²) in [7, 11) is 0. The number of aromatic amines is 1. The first-order valence-electron chi connectivity index (χ1n) is 9.19. The highest BCUT2D eigenvalue weighted by atomic mass is 16.6. The van der Waals surface area contributed by atoms with E-state index in [9.17, 15) is 9.59 Å². The number of carbonyl (C=O) groups is 1. The molecule has 0 bridgehead atoms. The van der Waals surface area contributed by atoms with Crippen LogP contribution in [-0.4, -0.2) is 31.4 Å². The van der Waals surface area contributed by atoms with Crippen LogP contribution in [0.2, 0.25) is 0 Å². The molecule has 1 amide bonds. The van der Waals surface area contributed by atoms with E-state index >= 15 is 0 Å². The predicted molar refractivity (Wildman–Crippen MR) is 104 cm³/mol. The van der Waals surface area contributed by atoms with Gasteiger partial charge in [0.1, 0.15) is 22.9 Å². The van der Waals surface area contributed by atoms with Gasteiger partial charge in [-0.1, -0.05) is 18.2 Å². The molecule has 0 fully saturated rings. The van der Waals surface area contributed by atoms with Gasteiger partial charge in [-0.2, -0.15) is 5.10 Å². The molecule has 29 heavy (non-hydrogen) atoms. The number of para-hydroxylation sites is 1. The summed E-state index contributed by atoms with van der Waals surface area (Å²) in [5, 5.41) is 9.26. The Balaban J connectivity index is 1.64. The number of hydrogen-bond acceptors (Lipinski definition) is 6. The number of carbonyl (C=O) groups excluding carboxylic acids is 1. The van der Waals surface area contributed by atoms with Crippen molar-refractivity contribution in [2.45, 2.75) is 38.8 Å². The first kappa shape index (κ1) is 18.7. The summed E-state index contributed by atoms with van der Waals surface area (Å²) in [6, 6.07) is 10.6. The molecule has 0 spiro atoms. The van der Waals surface area contributed by atoms with Gasteiger partial charge in [0.15, 0.2) is 5.82 Å². The second-order valence-electron chi connectivity index (χ2n) is 7.69. The van der Waals surface area contributed by atoms with Crippen LogP contribution < -0.4 is 15.7 Å². The maximum Gasteiger partial charge on any atom is 0.408 e. The molecule has 1 aromatic carbocycles. The van der Waals surface area contributed by atoms with E-state index in [1.807, 2.05) is 36.4 Å². The molecule has 4 rings (SSSR count). The number of benzene rings is 1. The van der Waals surface area contributed by atoms with E-state index in [0.29, 0.717) is 29.6 Å². The molecule has 9 heteroatoms. The number of aromatic nitrogens is 4. The van der Waals surface area contributed by atoms with Gasteiger partial charge in [-0.25, -0.2) is 24.2 Å². The van der Waals surface area contributed by atoms with Gasteiger partial charge < -0.3 is 14.8 Å². The third-order valence-corrected chi connectivity index (χ3v) is 4.23. The molecule has 1 unspecified atom stereocenters. The normalized spacial score (nSPS) is 15.2. The maximum absolute atomic E-state index is 12.3. The number of hydrogen-bond donors (Lipinski definition) is 2. The van der Waals surface area contributed by atoms with Gasteiger partial charge >= 0.3 is 11.8 Å². The zero-order valence-corrected chi connectivity index (χ0v) is 16.3. The Hall–Kier alpha value is -3.62. The molecule has 3 aromatic rings. The van der Waals surface area contributed by atoms with Crippen molar-refractivity contribution in [2.75, 3.05) is 0 Å². The van der Waals surface area contributed by atoms with Crippen molar-refractivity contribution in [3.63, 3.8) is 0 Å². The summed E-state index contributed by atoms with van der Waals surface area (Å²) in [6.45, 7) is 5.35. The predicted octanol–water partition coefficient (Wildman–Crippen LogP) is 2.87. The van der Waals surface area contributed by atoms with Gasteiger partial charge in [0.05, 0.1) is 12.2 Å². The molecule has 1 aliphatic heterocycles. The zero-order chi connectivity index (χ0) is 20.6. The van der Waals surface area contributed by atoms with Gasteiger partial charge in [-0.15, -0.1) is 0 Å². The Kier molecular flexibility index (Phi) is 4.57. The Morgan fingerprint density at radius 1 is 1.24 bits per heavy atom. The van der Waals surface area contributed by atoms with Gasteiger partial charge in [-0.3, -0.25) is 0 Å². The van der Waals surface area contributed by atoms with Crippen molar-refractivity contribution in [3.05, 3.63) is 64.5 Å². The largest absolute Gasteiger partial charge is 0.456 e. The van der Waals surface area contributed by atoms with E-state index in [0.717, 1.165) is 5.56 Å². The minimum Gasteiger partial charge on any atom is -0.456 e.